The van der Waals surface area contributed by atoms with Gasteiger partial charge in [0, 0.05) is 12.8 Å². The second-order valence-corrected chi connectivity index (χ2v) is 24.3. The molecule has 0 fully saturated rings. The quantitative estimate of drug-likeness (QED) is 0.0205. The van der Waals surface area contributed by atoms with Crippen LogP contribution in [0.15, 0.2) is 146 Å². The van der Waals surface area contributed by atoms with Gasteiger partial charge in [0.25, 0.3) is 0 Å². The molecule has 1 amide bonds. The minimum absolute atomic E-state index is 0.0198. The van der Waals surface area contributed by atoms with Crippen molar-refractivity contribution in [3.05, 3.63) is 146 Å². The Hall–Kier alpha value is -4.11. The third kappa shape index (κ3) is 62.2. The molecule has 0 aromatic rings. The molecule has 0 aromatic carbocycles. The standard InChI is InChI=1S/C73H123N2O7P/c1-7-10-13-16-19-22-25-28-30-32-34-35-36-37-38-39-41-42-44-47-50-53-56-59-62-65-72(76)74-70(69-81-83(78,79)80-68-67-75(4,5)6)71(64-61-58-55-52-49-46-27-24-21-18-15-12-9-3)82-73(77)66-63-60-57-54-51-48-45-43-40-33-31-29-26-23-20-17-14-11-8-2/h10-11,13-14,19-20,22-23,28-31,34-35,37-38,40,43,48,51,57,60-61,64,70-71H,7-9,12,15-18,21,24-27,32-33,36,39,41-42,44-47,49-50,52-56,58-59,62-63,65-69H2,1-6H3,(H-,74,76,78,79)/p+1/b13-10-,14-11-,22-19-,23-20-,30-28-,31-29-,35-34-,38-37-,43-40-,51-48-,60-57-,64-61-. The predicted octanol–water partition coefficient (Wildman–Crippen LogP) is 21.0. The molecular formula is C73H124N2O7P+. The van der Waals surface area contributed by atoms with E-state index in [2.05, 4.69) is 154 Å². The smallest absolute Gasteiger partial charge is 0.456 e. The Morgan fingerprint density at radius 2 is 0.783 bits per heavy atom. The number of ether oxygens (including phenoxy) is 1. The van der Waals surface area contributed by atoms with Gasteiger partial charge in [-0.3, -0.25) is 18.6 Å². The van der Waals surface area contributed by atoms with Crippen molar-refractivity contribution >= 4 is 19.7 Å². The normalized spacial score (nSPS) is 14.5. The second kappa shape index (κ2) is 61.0. The molecule has 0 aliphatic carbocycles. The van der Waals surface area contributed by atoms with Crippen molar-refractivity contribution < 1.29 is 37.3 Å². The number of nitrogens with zero attached hydrogens (tertiary/aromatic N) is 1. The molecule has 472 valence electrons. The molecule has 3 unspecified atom stereocenters. The average molecular weight is 1170 g/mol. The Labute approximate surface area is 510 Å². The van der Waals surface area contributed by atoms with Crippen LogP contribution in [-0.2, 0) is 27.9 Å². The second-order valence-electron chi connectivity index (χ2n) is 22.9. The number of unbranched alkanes of at least 4 members (excludes halogenated alkanes) is 20. The zero-order chi connectivity index (χ0) is 60.7. The molecule has 0 saturated carbocycles. The summed E-state index contributed by atoms with van der Waals surface area (Å²) in [5.74, 6) is -0.618. The molecule has 83 heavy (non-hydrogen) atoms. The summed E-state index contributed by atoms with van der Waals surface area (Å²) < 4.78 is 30.7. The molecule has 0 rings (SSSR count). The Balaban J connectivity index is 5.30. The van der Waals surface area contributed by atoms with Crippen molar-refractivity contribution in [1.82, 2.24) is 5.32 Å². The van der Waals surface area contributed by atoms with Crippen LogP contribution in [0, 0.1) is 0 Å². The first-order valence-electron chi connectivity index (χ1n) is 33.2. The van der Waals surface area contributed by atoms with Crippen LogP contribution in [0.5, 0.6) is 0 Å². The Morgan fingerprint density at radius 1 is 0.434 bits per heavy atom. The van der Waals surface area contributed by atoms with Crippen molar-refractivity contribution in [2.45, 2.75) is 264 Å². The highest BCUT2D eigenvalue weighted by Gasteiger charge is 2.30. The summed E-state index contributed by atoms with van der Waals surface area (Å²) in [7, 11) is 1.43. The maximum Gasteiger partial charge on any atom is 0.472 e. The van der Waals surface area contributed by atoms with Crippen LogP contribution in [0.3, 0.4) is 0 Å². The number of carbonyl (C=O) groups excluding carboxylic acids is 2. The number of carbonyl (C=O) groups is 2. The summed E-state index contributed by atoms with van der Waals surface area (Å²) in [6.07, 6.45) is 88.6. The summed E-state index contributed by atoms with van der Waals surface area (Å²) in [6.45, 7) is 6.72. The maximum atomic E-state index is 13.6. The Morgan fingerprint density at radius 3 is 1.18 bits per heavy atom. The van der Waals surface area contributed by atoms with Crippen molar-refractivity contribution in [2.24, 2.45) is 0 Å². The lowest BCUT2D eigenvalue weighted by Crippen LogP contribution is -2.47. The minimum atomic E-state index is -4.48. The molecule has 0 radical (unpaired) electrons. The van der Waals surface area contributed by atoms with Gasteiger partial charge < -0.3 is 19.4 Å². The highest BCUT2D eigenvalue weighted by atomic mass is 31.2. The average Bonchev–Trinajstić information content (AvgIpc) is 3.46. The zero-order valence-corrected chi connectivity index (χ0v) is 54.8. The first kappa shape index (κ1) is 78.9. The number of quaternary nitrogens is 1. The van der Waals surface area contributed by atoms with Gasteiger partial charge in [-0.05, 0) is 115 Å². The van der Waals surface area contributed by atoms with Gasteiger partial charge in [0.05, 0.1) is 33.8 Å². The van der Waals surface area contributed by atoms with E-state index in [0.717, 1.165) is 122 Å². The number of phosphoric ester groups is 1. The molecule has 2 N–H and O–H groups in total. The van der Waals surface area contributed by atoms with Gasteiger partial charge >= 0.3 is 13.8 Å². The van der Waals surface area contributed by atoms with Gasteiger partial charge in [-0.2, -0.15) is 0 Å². The molecule has 0 aromatic heterocycles. The lowest BCUT2D eigenvalue weighted by molar-refractivity contribution is -0.870. The van der Waals surface area contributed by atoms with Crippen molar-refractivity contribution in [2.75, 3.05) is 40.9 Å². The predicted molar refractivity (Wildman–Crippen MR) is 359 cm³/mol. The fraction of sp³-hybridized carbons (Fsp3) is 0.644. The molecule has 0 spiro atoms. The molecule has 3 atom stereocenters. The number of hydrogen-bond acceptors (Lipinski definition) is 6. The number of likely N-dealkylation sites (N-methyl/N-ethyl adjacent to an activating group) is 1. The number of rotatable bonds is 58. The van der Waals surface area contributed by atoms with Crippen molar-refractivity contribution in [1.29, 1.82) is 0 Å². The van der Waals surface area contributed by atoms with Crippen LogP contribution >= 0.6 is 7.82 Å². The van der Waals surface area contributed by atoms with Crippen LogP contribution < -0.4 is 5.32 Å². The molecule has 10 heteroatoms. The monoisotopic (exact) mass is 1170 g/mol. The van der Waals surface area contributed by atoms with Gasteiger partial charge in [0.15, 0.2) is 0 Å². The number of allylic oxidation sites excluding steroid dienone is 23. The van der Waals surface area contributed by atoms with E-state index in [1.807, 2.05) is 39.4 Å². The zero-order valence-electron chi connectivity index (χ0n) is 53.9. The number of amides is 1. The van der Waals surface area contributed by atoms with Gasteiger partial charge in [0.2, 0.25) is 5.91 Å². The highest BCUT2D eigenvalue weighted by Crippen LogP contribution is 2.43. The lowest BCUT2D eigenvalue weighted by Gasteiger charge is -2.27. The third-order valence-corrected chi connectivity index (χ3v) is 14.8. The largest absolute Gasteiger partial charge is 0.472 e. The summed E-state index contributed by atoms with van der Waals surface area (Å²) in [4.78, 5) is 37.8. The number of nitrogens with one attached hydrogen (secondary N) is 1. The van der Waals surface area contributed by atoms with Crippen LogP contribution in [0.2, 0.25) is 0 Å². The van der Waals surface area contributed by atoms with E-state index in [1.165, 1.54) is 89.9 Å². The topological polar surface area (TPSA) is 111 Å². The first-order valence-corrected chi connectivity index (χ1v) is 34.7. The molecule has 0 aliphatic rings. The van der Waals surface area contributed by atoms with Gasteiger partial charge in [-0.1, -0.05) is 270 Å². The van der Waals surface area contributed by atoms with E-state index in [-0.39, 0.29) is 25.5 Å². The maximum absolute atomic E-state index is 13.6. The summed E-state index contributed by atoms with van der Waals surface area (Å²) in [5.41, 5.74) is 0. The molecular weight excluding hydrogens is 1050 g/mol. The number of esters is 1. The highest BCUT2D eigenvalue weighted by molar-refractivity contribution is 7.47. The number of phosphoric acid groups is 1. The van der Waals surface area contributed by atoms with Crippen LogP contribution in [-0.4, -0.2) is 74.3 Å². The van der Waals surface area contributed by atoms with Crippen LogP contribution in [0.1, 0.15) is 252 Å². The summed E-state index contributed by atoms with van der Waals surface area (Å²) >= 11 is 0. The summed E-state index contributed by atoms with van der Waals surface area (Å²) in [6, 6.07) is -0.894. The SMILES string of the molecule is CC/C=C\C/C=C\C/C=C\C/C=C\C/C=C\C/C=C\CCC(=O)OC(/C=C\CCCCCCCCCCCCC)C(COP(=O)(O)OCC[N+](C)(C)C)NC(=O)CCCCCCCCCCC/C=C\C/C=C\C/C=C\C/C=C\C/C=C\CC. The van der Waals surface area contributed by atoms with E-state index in [0.29, 0.717) is 23.9 Å². The fourth-order valence-corrected chi connectivity index (χ4v) is 9.49. The van der Waals surface area contributed by atoms with E-state index < -0.39 is 25.9 Å². The van der Waals surface area contributed by atoms with Crippen molar-refractivity contribution in [3.8, 4) is 0 Å². The Kier molecular flexibility index (Phi) is 58.0. The van der Waals surface area contributed by atoms with Crippen molar-refractivity contribution in [3.63, 3.8) is 0 Å². The molecule has 0 aliphatic heterocycles. The Bertz CT molecular complexity index is 1930. The van der Waals surface area contributed by atoms with E-state index >= 15 is 0 Å². The van der Waals surface area contributed by atoms with Gasteiger partial charge in [-0.25, -0.2) is 4.57 Å². The summed E-state index contributed by atoms with van der Waals surface area (Å²) in [5, 5.41) is 3.04. The third-order valence-electron chi connectivity index (χ3n) is 13.8. The fourth-order valence-electron chi connectivity index (χ4n) is 8.76. The first-order chi connectivity index (χ1) is 40.4. The van der Waals surface area contributed by atoms with Crippen LogP contribution in [0.25, 0.3) is 0 Å². The van der Waals surface area contributed by atoms with E-state index in [4.69, 9.17) is 13.8 Å². The van der Waals surface area contributed by atoms with E-state index in [9.17, 15) is 19.0 Å². The van der Waals surface area contributed by atoms with Gasteiger partial charge in [0.1, 0.15) is 19.3 Å². The molecule has 0 saturated heterocycles. The minimum Gasteiger partial charge on any atom is -0.456 e. The molecule has 0 bridgehead atoms. The molecule has 0 heterocycles. The van der Waals surface area contributed by atoms with Gasteiger partial charge in [-0.15, -0.1) is 0 Å². The molecule has 9 nitrogen and oxygen atoms in total. The lowest BCUT2D eigenvalue weighted by atomic mass is 10.0. The van der Waals surface area contributed by atoms with E-state index in [1.54, 1.807) is 0 Å². The van der Waals surface area contributed by atoms with Crippen LogP contribution in [0.4, 0.5) is 0 Å². The number of hydrogen-bond donors (Lipinski definition) is 2.